The third-order valence-electron chi connectivity index (χ3n) is 2.41. The molecule has 0 unspecified atom stereocenters. The predicted molar refractivity (Wildman–Crippen MR) is 67.7 cm³/mol. The molecular formula is C13H17NO3. The largest absolute Gasteiger partial charge is 0.496 e. The van der Waals surface area contributed by atoms with E-state index in [4.69, 9.17) is 9.84 Å². The number of carbonyl (C=O) groups is 1. The first-order valence-electron chi connectivity index (χ1n) is 5.33. The van der Waals surface area contributed by atoms with E-state index in [1.807, 2.05) is 26.0 Å². The molecule has 0 radical (unpaired) electrons. The molecule has 4 heteroatoms. The number of anilines is 1. The van der Waals surface area contributed by atoms with E-state index >= 15 is 0 Å². The number of methoxy groups -OCH3 is 1. The molecule has 1 rings (SSSR count). The van der Waals surface area contributed by atoms with Gasteiger partial charge in [0.15, 0.2) is 0 Å². The highest BCUT2D eigenvalue weighted by Crippen LogP contribution is 2.25. The molecular weight excluding hydrogens is 218 g/mol. The van der Waals surface area contributed by atoms with Crippen LogP contribution in [-0.2, 0) is 4.79 Å². The number of hydrogen-bond acceptors (Lipinski definition) is 3. The fourth-order valence-electron chi connectivity index (χ4n) is 1.53. The summed E-state index contributed by atoms with van der Waals surface area (Å²) in [7, 11) is 1.64. The topological polar surface area (TPSA) is 58.6 Å². The van der Waals surface area contributed by atoms with Gasteiger partial charge in [-0.3, -0.25) is 0 Å². The highest BCUT2D eigenvalue weighted by molar-refractivity contribution is 5.79. The molecule has 0 saturated carbocycles. The minimum atomic E-state index is -0.936. The van der Waals surface area contributed by atoms with Gasteiger partial charge in [-0.25, -0.2) is 4.79 Å². The summed E-state index contributed by atoms with van der Waals surface area (Å²) in [6.45, 7) is 4.43. The van der Waals surface area contributed by atoms with E-state index in [1.165, 1.54) is 0 Å². The molecule has 0 heterocycles. The summed E-state index contributed by atoms with van der Waals surface area (Å²) >= 11 is 0. The van der Waals surface area contributed by atoms with Crippen molar-refractivity contribution in [1.29, 1.82) is 0 Å². The van der Waals surface area contributed by atoms with Gasteiger partial charge >= 0.3 is 5.97 Å². The van der Waals surface area contributed by atoms with Crippen molar-refractivity contribution in [1.82, 2.24) is 0 Å². The molecule has 0 amide bonds. The molecule has 0 fully saturated rings. The van der Waals surface area contributed by atoms with Gasteiger partial charge in [-0.15, -0.1) is 0 Å². The lowest BCUT2D eigenvalue weighted by atomic mass is 10.1. The molecule has 0 aliphatic rings. The lowest BCUT2D eigenvalue weighted by Gasteiger charge is -2.12. The van der Waals surface area contributed by atoms with Gasteiger partial charge in [-0.1, -0.05) is 6.08 Å². The van der Waals surface area contributed by atoms with Gasteiger partial charge in [0.1, 0.15) is 5.75 Å². The third-order valence-corrected chi connectivity index (χ3v) is 2.41. The minimum Gasteiger partial charge on any atom is -0.496 e. The van der Waals surface area contributed by atoms with Crippen molar-refractivity contribution >= 4 is 11.7 Å². The number of ether oxygens (including phenoxy) is 1. The van der Waals surface area contributed by atoms with Crippen LogP contribution in [0.1, 0.15) is 11.1 Å². The normalized spacial score (nSPS) is 10.5. The number of carboxylic acid groups (broad SMARTS) is 1. The third kappa shape index (κ3) is 3.83. The molecule has 0 aliphatic carbocycles. The minimum absolute atomic E-state index is 0.485. The van der Waals surface area contributed by atoms with Crippen molar-refractivity contribution in [2.24, 2.45) is 0 Å². The zero-order chi connectivity index (χ0) is 12.8. The van der Waals surface area contributed by atoms with Gasteiger partial charge in [0, 0.05) is 18.3 Å². The van der Waals surface area contributed by atoms with Crippen molar-refractivity contribution in [2.45, 2.75) is 13.8 Å². The van der Waals surface area contributed by atoms with E-state index in [-0.39, 0.29) is 0 Å². The van der Waals surface area contributed by atoms with Crippen LogP contribution in [0.25, 0.3) is 0 Å². The molecule has 0 saturated heterocycles. The zero-order valence-corrected chi connectivity index (χ0v) is 10.3. The summed E-state index contributed by atoms with van der Waals surface area (Å²) in [6, 6.07) is 3.95. The fraction of sp³-hybridized carbons (Fsp3) is 0.308. The smallest absolute Gasteiger partial charge is 0.328 e. The van der Waals surface area contributed by atoms with Crippen molar-refractivity contribution in [3.05, 3.63) is 35.4 Å². The van der Waals surface area contributed by atoms with Crippen LogP contribution < -0.4 is 10.1 Å². The molecule has 17 heavy (non-hydrogen) atoms. The number of aryl methyl sites for hydroxylation is 2. The van der Waals surface area contributed by atoms with Gasteiger partial charge < -0.3 is 15.2 Å². The molecule has 92 valence electrons. The molecule has 0 bridgehead atoms. The predicted octanol–water partition coefficient (Wildman–Crippen LogP) is 2.36. The first-order valence-corrected chi connectivity index (χ1v) is 5.33. The summed E-state index contributed by atoms with van der Waals surface area (Å²) in [5.41, 5.74) is 3.09. The Bertz CT molecular complexity index is 439. The summed E-state index contributed by atoms with van der Waals surface area (Å²) in [6.07, 6.45) is 2.69. The average molecular weight is 235 g/mol. The Kier molecular flexibility index (Phi) is 4.57. The highest BCUT2D eigenvalue weighted by atomic mass is 16.5. The number of carboxylic acids is 1. The molecule has 0 aliphatic heterocycles. The number of aliphatic carboxylic acids is 1. The van der Waals surface area contributed by atoms with E-state index in [9.17, 15) is 4.79 Å². The maximum absolute atomic E-state index is 10.3. The Balaban J connectivity index is 2.72. The average Bonchev–Trinajstić information content (AvgIpc) is 2.28. The Hall–Kier alpha value is -1.97. The van der Waals surface area contributed by atoms with Gasteiger partial charge in [-0.2, -0.15) is 0 Å². The van der Waals surface area contributed by atoms with Crippen LogP contribution in [0.5, 0.6) is 5.75 Å². The van der Waals surface area contributed by atoms with E-state index in [0.717, 1.165) is 28.6 Å². The van der Waals surface area contributed by atoms with E-state index in [0.29, 0.717) is 6.54 Å². The van der Waals surface area contributed by atoms with Crippen LogP contribution in [0.2, 0.25) is 0 Å². The molecule has 1 aromatic carbocycles. The Morgan fingerprint density at radius 1 is 1.41 bits per heavy atom. The molecule has 4 nitrogen and oxygen atoms in total. The summed E-state index contributed by atoms with van der Waals surface area (Å²) in [5.74, 6) is -0.0800. The summed E-state index contributed by atoms with van der Waals surface area (Å²) < 4.78 is 5.22. The molecule has 1 aromatic rings. The second-order valence-corrected chi connectivity index (χ2v) is 3.76. The number of rotatable bonds is 5. The van der Waals surface area contributed by atoms with E-state index in [1.54, 1.807) is 13.2 Å². The number of hydrogen-bond donors (Lipinski definition) is 2. The zero-order valence-electron chi connectivity index (χ0n) is 10.3. The molecule has 0 atom stereocenters. The van der Waals surface area contributed by atoms with Gasteiger partial charge in [0.2, 0.25) is 0 Å². The van der Waals surface area contributed by atoms with Crippen LogP contribution in [0, 0.1) is 13.8 Å². The van der Waals surface area contributed by atoms with Crippen molar-refractivity contribution in [2.75, 3.05) is 19.0 Å². The second kappa shape index (κ2) is 5.94. The van der Waals surface area contributed by atoms with Crippen LogP contribution >= 0.6 is 0 Å². The standard InChI is InChI=1S/C13H17NO3/c1-9-8-12(17-3)10(2)7-11(9)14-6-4-5-13(15)16/h4-5,7-8,14H,6H2,1-3H3,(H,15,16)/b5-4+. The molecule has 0 aromatic heterocycles. The van der Waals surface area contributed by atoms with Crippen molar-refractivity contribution in [3.8, 4) is 5.75 Å². The van der Waals surface area contributed by atoms with Crippen LogP contribution in [0.15, 0.2) is 24.3 Å². The summed E-state index contributed by atoms with van der Waals surface area (Å²) in [5, 5.41) is 11.6. The maximum atomic E-state index is 10.3. The quantitative estimate of drug-likeness (QED) is 0.769. The van der Waals surface area contributed by atoms with E-state index in [2.05, 4.69) is 5.32 Å². The first kappa shape index (κ1) is 13.1. The number of nitrogens with one attached hydrogen (secondary N) is 1. The second-order valence-electron chi connectivity index (χ2n) is 3.76. The van der Waals surface area contributed by atoms with Crippen molar-refractivity contribution < 1.29 is 14.6 Å². The fourth-order valence-corrected chi connectivity index (χ4v) is 1.53. The Morgan fingerprint density at radius 2 is 2.12 bits per heavy atom. The van der Waals surface area contributed by atoms with Gasteiger partial charge in [0.25, 0.3) is 0 Å². The Labute approximate surface area is 101 Å². The summed E-state index contributed by atoms with van der Waals surface area (Å²) in [4.78, 5) is 10.3. The number of benzene rings is 1. The lowest BCUT2D eigenvalue weighted by Crippen LogP contribution is -2.02. The maximum Gasteiger partial charge on any atom is 0.328 e. The van der Waals surface area contributed by atoms with Crippen LogP contribution in [-0.4, -0.2) is 24.7 Å². The monoisotopic (exact) mass is 235 g/mol. The van der Waals surface area contributed by atoms with E-state index < -0.39 is 5.97 Å². The molecule has 0 spiro atoms. The van der Waals surface area contributed by atoms with Crippen LogP contribution in [0.3, 0.4) is 0 Å². The highest BCUT2D eigenvalue weighted by Gasteiger charge is 2.03. The first-order chi connectivity index (χ1) is 8.04. The molecule has 2 N–H and O–H groups in total. The van der Waals surface area contributed by atoms with Crippen molar-refractivity contribution in [3.63, 3.8) is 0 Å². The van der Waals surface area contributed by atoms with Gasteiger partial charge in [0.05, 0.1) is 7.11 Å². The van der Waals surface area contributed by atoms with Crippen LogP contribution in [0.4, 0.5) is 5.69 Å². The SMILES string of the molecule is COc1cc(C)c(NC/C=C/C(=O)O)cc1C. The Morgan fingerprint density at radius 3 is 2.71 bits per heavy atom. The lowest BCUT2D eigenvalue weighted by molar-refractivity contribution is -0.131. The van der Waals surface area contributed by atoms with Gasteiger partial charge in [-0.05, 0) is 37.1 Å².